The molecule has 14 rings (SSSR count). The van der Waals surface area contributed by atoms with Gasteiger partial charge in [0.1, 0.15) is 0 Å². The molecule has 0 saturated heterocycles. The maximum Gasteiger partial charge on any atom is 0.0541 e. The average Bonchev–Trinajstić information content (AvgIpc) is 4.06. The van der Waals surface area contributed by atoms with Crippen LogP contribution in [0.4, 0.5) is 17.1 Å². The van der Waals surface area contributed by atoms with Crippen molar-refractivity contribution < 1.29 is 0 Å². The molecule has 0 amide bonds. The van der Waals surface area contributed by atoms with E-state index < -0.39 is 0 Å². The first-order chi connectivity index (χ1) is 34.7. The molecule has 0 N–H and O–H groups in total. The highest BCUT2D eigenvalue weighted by Crippen LogP contribution is 2.59. The standard InChI is InChI=1S/C67H47N3/c1-4-18-48(19-5-1)67(49-20-6-2-7-21-49)61-28-14-10-24-55(61)56-42-41-54(45-62(56)67)68(52-37-39-53(40-38-52)70-63-29-15-11-25-57(63)58-26-12-16-30-64(58)70)51-35-32-46(33-36-51)47-34-43-66-60(44-47)59-27-13-17-31-65(59)69(66)50-22-8-3-9-23-50/h1-20,22-45,49H,21H2. The molecule has 0 radical (unpaired) electrons. The molecule has 0 bridgehead atoms. The highest BCUT2D eigenvalue weighted by Gasteiger charge is 2.49. The number of para-hydroxylation sites is 4. The molecule has 12 aromatic rings. The fraction of sp³-hybridized carbons (Fsp3) is 0.0448. The third-order valence-corrected chi connectivity index (χ3v) is 15.2. The van der Waals surface area contributed by atoms with Crippen molar-refractivity contribution >= 4 is 60.7 Å². The first-order valence-electron chi connectivity index (χ1n) is 24.5. The molecule has 0 saturated carbocycles. The zero-order valence-corrected chi connectivity index (χ0v) is 38.5. The minimum absolute atomic E-state index is 0.231. The van der Waals surface area contributed by atoms with Gasteiger partial charge in [-0.05, 0) is 142 Å². The lowest BCUT2D eigenvalue weighted by Crippen LogP contribution is -2.35. The Kier molecular flexibility index (Phi) is 9.25. The molecule has 0 fully saturated rings. The number of rotatable bonds is 8. The molecule has 2 atom stereocenters. The summed E-state index contributed by atoms with van der Waals surface area (Å²) in [5.74, 6) is 0.231. The van der Waals surface area contributed by atoms with Crippen LogP contribution < -0.4 is 4.90 Å². The zero-order valence-electron chi connectivity index (χ0n) is 38.5. The van der Waals surface area contributed by atoms with Crippen LogP contribution in [0.3, 0.4) is 0 Å². The van der Waals surface area contributed by atoms with Crippen LogP contribution in [-0.4, -0.2) is 9.13 Å². The maximum atomic E-state index is 2.50. The molecule has 330 valence electrons. The number of hydrogen-bond acceptors (Lipinski definition) is 1. The van der Waals surface area contributed by atoms with Crippen molar-refractivity contribution in [3.8, 4) is 33.6 Å². The summed E-state index contributed by atoms with van der Waals surface area (Å²) in [6.45, 7) is 0. The first kappa shape index (κ1) is 40.2. The van der Waals surface area contributed by atoms with E-state index in [-0.39, 0.29) is 11.3 Å². The average molecular weight is 894 g/mol. The number of anilines is 3. The molecule has 2 aliphatic carbocycles. The van der Waals surface area contributed by atoms with Crippen LogP contribution >= 0.6 is 0 Å². The Bertz CT molecular complexity index is 3970. The second-order valence-corrected chi connectivity index (χ2v) is 18.8. The number of benzene rings is 10. The monoisotopic (exact) mass is 893 g/mol. The molecule has 2 heterocycles. The van der Waals surface area contributed by atoms with E-state index in [9.17, 15) is 0 Å². The Morgan fingerprint density at radius 3 is 1.54 bits per heavy atom. The van der Waals surface area contributed by atoms with Crippen LogP contribution in [0.1, 0.15) is 23.1 Å². The number of hydrogen-bond donors (Lipinski definition) is 0. The molecule has 0 aliphatic heterocycles. The van der Waals surface area contributed by atoms with Gasteiger partial charge in [-0.25, -0.2) is 0 Å². The van der Waals surface area contributed by atoms with Crippen LogP contribution in [0.5, 0.6) is 0 Å². The maximum absolute atomic E-state index is 2.50. The Labute approximate surface area is 407 Å². The summed E-state index contributed by atoms with van der Waals surface area (Å²) < 4.78 is 4.78. The molecule has 2 aliphatic rings. The molecular weight excluding hydrogens is 847 g/mol. The topological polar surface area (TPSA) is 13.1 Å². The predicted octanol–water partition coefficient (Wildman–Crippen LogP) is 17.5. The van der Waals surface area contributed by atoms with Crippen molar-refractivity contribution in [2.45, 2.75) is 11.8 Å². The van der Waals surface area contributed by atoms with Gasteiger partial charge in [-0.1, -0.05) is 176 Å². The number of nitrogens with zero attached hydrogens (tertiary/aromatic N) is 3. The van der Waals surface area contributed by atoms with Crippen molar-refractivity contribution in [1.29, 1.82) is 0 Å². The molecule has 2 aromatic heterocycles. The van der Waals surface area contributed by atoms with Crippen LogP contribution in [0.2, 0.25) is 0 Å². The lowest BCUT2D eigenvalue weighted by atomic mass is 9.62. The summed E-state index contributed by atoms with van der Waals surface area (Å²) in [4.78, 5) is 2.45. The van der Waals surface area contributed by atoms with Gasteiger partial charge in [0.2, 0.25) is 0 Å². The second kappa shape index (κ2) is 16.1. The van der Waals surface area contributed by atoms with Crippen LogP contribution in [-0.2, 0) is 5.41 Å². The van der Waals surface area contributed by atoms with Gasteiger partial charge in [-0.2, -0.15) is 0 Å². The van der Waals surface area contributed by atoms with Crippen molar-refractivity contribution in [3.63, 3.8) is 0 Å². The Hall–Kier alpha value is -8.92. The summed E-state index contributed by atoms with van der Waals surface area (Å²) in [6.07, 6.45) is 10.2. The summed E-state index contributed by atoms with van der Waals surface area (Å²) in [5, 5.41) is 5.01. The molecule has 0 spiro atoms. The minimum atomic E-state index is -0.386. The normalized spacial score (nSPS) is 16.0. The van der Waals surface area contributed by atoms with E-state index in [1.54, 1.807) is 0 Å². The molecule has 3 heteroatoms. The van der Waals surface area contributed by atoms with Crippen molar-refractivity contribution in [2.75, 3.05) is 4.90 Å². The van der Waals surface area contributed by atoms with Crippen LogP contribution in [0.25, 0.3) is 77.2 Å². The SMILES string of the molecule is C1=CCC(C2(c3ccccc3)c3ccccc3-c3ccc(N(c4ccc(-c5ccc6c(c5)c5ccccc5n6-c5ccccc5)cc4)c4ccc(-n5c6ccccc6c6ccccc65)cc4)cc32)C=C1. The largest absolute Gasteiger partial charge is 0.310 e. The highest BCUT2D eigenvalue weighted by molar-refractivity contribution is 6.11. The van der Waals surface area contributed by atoms with Crippen LogP contribution in [0, 0.1) is 5.92 Å². The number of fused-ring (bicyclic) bond motifs is 9. The Balaban J connectivity index is 0.933. The third-order valence-electron chi connectivity index (χ3n) is 15.2. The van der Waals surface area contributed by atoms with E-state index in [0.717, 1.165) is 34.9 Å². The molecule has 70 heavy (non-hydrogen) atoms. The fourth-order valence-corrected chi connectivity index (χ4v) is 12.2. The lowest BCUT2D eigenvalue weighted by molar-refractivity contribution is 0.457. The van der Waals surface area contributed by atoms with Gasteiger partial charge in [0.15, 0.2) is 0 Å². The van der Waals surface area contributed by atoms with E-state index >= 15 is 0 Å². The van der Waals surface area contributed by atoms with Gasteiger partial charge in [0, 0.05) is 50.0 Å². The second-order valence-electron chi connectivity index (χ2n) is 18.8. The predicted molar refractivity (Wildman–Crippen MR) is 293 cm³/mol. The van der Waals surface area contributed by atoms with Gasteiger partial charge in [0.05, 0.1) is 27.5 Å². The van der Waals surface area contributed by atoms with E-state index in [1.807, 2.05) is 0 Å². The van der Waals surface area contributed by atoms with Crippen LogP contribution in [0.15, 0.2) is 267 Å². The molecule has 10 aromatic carbocycles. The molecular formula is C67H47N3. The summed E-state index contributed by atoms with van der Waals surface area (Å²) >= 11 is 0. The summed E-state index contributed by atoms with van der Waals surface area (Å²) in [6, 6.07) is 89.7. The van der Waals surface area contributed by atoms with Gasteiger partial charge >= 0.3 is 0 Å². The number of aromatic nitrogens is 2. The van der Waals surface area contributed by atoms with Gasteiger partial charge in [-0.15, -0.1) is 0 Å². The first-order valence-corrected chi connectivity index (χ1v) is 24.5. The smallest absolute Gasteiger partial charge is 0.0541 e. The van der Waals surface area contributed by atoms with Gasteiger partial charge in [-0.3, -0.25) is 0 Å². The quantitative estimate of drug-likeness (QED) is 0.148. The molecule has 2 unspecified atom stereocenters. The van der Waals surface area contributed by atoms with E-state index in [1.165, 1.54) is 82.6 Å². The van der Waals surface area contributed by atoms with E-state index in [0.29, 0.717) is 0 Å². The summed E-state index contributed by atoms with van der Waals surface area (Å²) in [7, 11) is 0. The minimum Gasteiger partial charge on any atom is -0.310 e. The Morgan fingerprint density at radius 1 is 0.371 bits per heavy atom. The van der Waals surface area contributed by atoms with E-state index in [2.05, 4.69) is 281 Å². The highest BCUT2D eigenvalue weighted by atomic mass is 15.1. The molecule has 3 nitrogen and oxygen atoms in total. The van der Waals surface area contributed by atoms with Gasteiger partial charge in [0.25, 0.3) is 0 Å². The Morgan fingerprint density at radius 2 is 0.886 bits per heavy atom. The summed E-state index contributed by atoms with van der Waals surface area (Å²) in [5.41, 5.74) is 19.0. The van der Waals surface area contributed by atoms with E-state index in [4.69, 9.17) is 0 Å². The van der Waals surface area contributed by atoms with Crippen molar-refractivity contribution in [1.82, 2.24) is 9.13 Å². The third kappa shape index (κ3) is 6.08. The fourth-order valence-electron chi connectivity index (χ4n) is 12.2. The lowest BCUT2D eigenvalue weighted by Gasteiger charge is -2.40. The number of allylic oxidation sites excluding steroid dienone is 4. The van der Waals surface area contributed by atoms with Crippen molar-refractivity contribution in [3.05, 3.63) is 284 Å². The van der Waals surface area contributed by atoms with Crippen molar-refractivity contribution in [2.24, 2.45) is 5.92 Å². The van der Waals surface area contributed by atoms with Gasteiger partial charge < -0.3 is 14.0 Å². The zero-order chi connectivity index (χ0) is 46.2.